The Balaban J connectivity index is 1.08. The lowest BCUT2D eigenvalue weighted by Crippen LogP contribution is -2.59. The van der Waals surface area contributed by atoms with Crippen LogP contribution in [0.5, 0.6) is 11.5 Å². The first-order chi connectivity index (χ1) is 53.5. The lowest BCUT2D eigenvalue weighted by molar-refractivity contribution is 0.488. The Hall–Kier alpha value is -10.7. The molecule has 3 heterocycles. The summed E-state index contributed by atoms with van der Waals surface area (Å²) in [6.45, 7) is 18.9. The minimum Gasteiger partial charge on any atom is -0.458 e. The van der Waals surface area contributed by atoms with Crippen molar-refractivity contribution in [1.82, 2.24) is 4.57 Å². The molecule has 4 heteroatoms. The van der Waals surface area contributed by atoms with Crippen LogP contribution in [-0.2, 0) is 21.7 Å². The average molecular weight is 1240 g/mol. The second-order valence-electron chi connectivity index (χ2n) is 28.3. The number of para-hydroxylation sites is 2. The van der Waals surface area contributed by atoms with Gasteiger partial charge in [-0.25, -0.2) is 0 Å². The maximum Gasteiger partial charge on any atom is 0.256 e. The lowest BCUT2D eigenvalue weighted by atomic mass is 9.34. The molecule has 2 aliphatic heterocycles. The van der Waals surface area contributed by atoms with E-state index >= 15 is 0 Å². The summed E-state index contributed by atoms with van der Waals surface area (Å²) in [6, 6.07) is 48.6. The number of fused-ring (bicyclic) bond motifs is 10. The molecule has 1 aromatic heterocycles. The second kappa shape index (κ2) is 21.7. The van der Waals surface area contributed by atoms with Crippen molar-refractivity contribution in [3.63, 3.8) is 0 Å². The summed E-state index contributed by atoms with van der Waals surface area (Å²) in [5.41, 5.74) is 10.7. The largest absolute Gasteiger partial charge is 0.458 e. The van der Waals surface area contributed by atoms with E-state index < -0.39 is 126 Å². The van der Waals surface area contributed by atoms with E-state index in [0.29, 0.717) is 61.8 Å². The summed E-state index contributed by atoms with van der Waals surface area (Å²) < 4.78 is 181. The number of hydrogen-bond acceptors (Lipinski definition) is 2. The quantitative estimate of drug-likeness (QED) is 0.141. The van der Waals surface area contributed by atoms with Gasteiger partial charge in [0.2, 0.25) is 0 Å². The highest BCUT2D eigenvalue weighted by Gasteiger charge is 2.49. The molecule has 0 saturated heterocycles. The molecule has 0 saturated carbocycles. The molecule has 1 aliphatic carbocycles. The summed E-state index contributed by atoms with van der Waals surface area (Å²) >= 11 is 0. The van der Waals surface area contributed by atoms with Crippen molar-refractivity contribution in [3.8, 4) is 72.8 Å². The van der Waals surface area contributed by atoms with E-state index in [2.05, 4.69) is 140 Å². The molecule has 95 heavy (non-hydrogen) atoms. The fraction of sp³-hybridized carbons (Fsp3) is 0.143. The fourth-order valence-corrected chi connectivity index (χ4v) is 14.9. The zero-order chi connectivity index (χ0) is 80.4. The van der Waals surface area contributed by atoms with Gasteiger partial charge in [-0.2, -0.15) is 0 Å². The van der Waals surface area contributed by atoms with Crippen LogP contribution in [-0.4, -0.2) is 11.3 Å². The van der Waals surface area contributed by atoms with Crippen LogP contribution in [0, 0.1) is 0 Å². The predicted octanol–water partition coefficient (Wildman–Crippen LogP) is 22.1. The van der Waals surface area contributed by atoms with Crippen LogP contribution in [0.3, 0.4) is 0 Å². The molecule has 0 bridgehead atoms. The van der Waals surface area contributed by atoms with Gasteiger partial charge in [-0.05, 0) is 171 Å². The molecule has 0 radical (unpaired) electrons. The van der Waals surface area contributed by atoms with Gasteiger partial charge in [0.25, 0.3) is 6.71 Å². The van der Waals surface area contributed by atoms with Crippen LogP contribution >= 0.6 is 0 Å². The highest BCUT2D eigenvalue weighted by atomic mass is 16.5. The van der Waals surface area contributed by atoms with Crippen LogP contribution in [0.25, 0.3) is 83.1 Å². The summed E-state index contributed by atoms with van der Waals surface area (Å²) in [7, 11) is 0. The molecule has 17 rings (SSSR count). The number of aromatic nitrogens is 1. The Morgan fingerprint density at radius 3 is 1.49 bits per heavy atom. The standard InChI is InChI=1S/C91H75BN2O/c1-88(2,3)65-49-61(50-66(54-65)89(4,5)6)60-45-47-78-83(52-60)95-84-53-62(69-40-28-41-73-70-37-22-25-42-76(70)91(85(69)73,63-33-18-12-19-34-63)64-35-20-13-21-36-64)51-82-86(84)92(78)77-48-46-68(93-79-43-26-23-38-71(79)72-39-24-27-44-80(72)93)57-81(77)94(82)87-74(58-29-14-10-15-30-58)55-67(90(7,8)9)56-75(87)59-31-16-11-17-32-59/h10-57H,1-9H3/i12D,13D,18D,19D,20D,21D,23D,24D,26D,27D,33D,34D,35D,36D,38D,39D,43D,44D. The molecule has 14 aromatic rings. The van der Waals surface area contributed by atoms with E-state index in [1.54, 1.807) is 18.2 Å². The van der Waals surface area contributed by atoms with E-state index in [9.17, 15) is 19.2 Å². The van der Waals surface area contributed by atoms with Crippen molar-refractivity contribution in [2.24, 2.45) is 0 Å². The Kier molecular flexibility index (Phi) is 9.55. The first-order valence-electron chi connectivity index (χ1n) is 41.3. The third-order valence-corrected chi connectivity index (χ3v) is 19.5. The maximum absolute atomic E-state index is 10.1. The molecule has 3 nitrogen and oxygen atoms in total. The van der Waals surface area contributed by atoms with Gasteiger partial charge in [0.15, 0.2) is 0 Å². The molecule has 0 atom stereocenters. The molecule has 0 amide bonds. The molecular weight excluding hydrogens is 1150 g/mol. The van der Waals surface area contributed by atoms with E-state index in [1.807, 2.05) is 91.0 Å². The maximum atomic E-state index is 10.1. The van der Waals surface area contributed by atoms with Crippen molar-refractivity contribution in [3.05, 3.63) is 330 Å². The third kappa shape index (κ3) is 9.23. The zero-order valence-corrected chi connectivity index (χ0v) is 54.2. The second-order valence-corrected chi connectivity index (χ2v) is 28.3. The molecule has 0 fully saturated rings. The molecule has 458 valence electrons. The summed E-state index contributed by atoms with van der Waals surface area (Å²) in [4.78, 5) is 2.18. The van der Waals surface area contributed by atoms with E-state index in [-0.39, 0.29) is 55.0 Å². The average Bonchev–Trinajstić information content (AvgIpc) is 1.55. The first-order valence-corrected chi connectivity index (χ1v) is 32.3. The first kappa shape index (κ1) is 41.8. The van der Waals surface area contributed by atoms with Crippen molar-refractivity contribution < 1.29 is 29.4 Å². The Morgan fingerprint density at radius 1 is 0.379 bits per heavy atom. The summed E-state index contributed by atoms with van der Waals surface area (Å²) in [5.74, 6) is 0.862. The van der Waals surface area contributed by atoms with Crippen LogP contribution in [0.4, 0.5) is 17.1 Å². The fourth-order valence-electron chi connectivity index (χ4n) is 14.9. The molecule has 0 unspecified atom stereocenters. The van der Waals surface area contributed by atoms with E-state index in [4.69, 9.17) is 10.2 Å². The number of anilines is 3. The summed E-state index contributed by atoms with van der Waals surface area (Å²) in [5, 5.41) is -0.194. The number of ether oxygens (including phenoxy) is 1. The number of rotatable bonds is 8. The Bertz CT molecular complexity index is 6240. The number of nitrogens with zero attached hydrogens (tertiary/aromatic N) is 2. The monoisotopic (exact) mass is 1240 g/mol. The van der Waals surface area contributed by atoms with Gasteiger partial charge in [-0.15, -0.1) is 0 Å². The van der Waals surface area contributed by atoms with E-state index in [0.717, 1.165) is 61.0 Å². The number of benzene rings is 13. The van der Waals surface area contributed by atoms with E-state index in [1.165, 1.54) is 4.57 Å². The van der Waals surface area contributed by atoms with Crippen LogP contribution < -0.4 is 26.0 Å². The van der Waals surface area contributed by atoms with Crippen molar-refractivity contribution in [1.29, 1.82) is 0 Å². The van der Waals surface area contributed by atoms with Gasteiger partial charge in [0.05, 0.1) is 46.8 Å². The Morgan fingerprint density at radius 2 is 0.895 bits per heavy atom. The molecular formula is C91H75BN2O. The third-order valence-electron chi connectivity index (χ3n) is 19.5. The van der Waals surface area contributed by atoms with Crippen molar-refractivity contribution in [2.45, 2.75) is 84.0 Å². The number of hydrogen-bond donors (Lipinski definition) is 0. The van der Waals surface area contributed by atoms with Gasteiger partial charge in [-0.1, -0.05) is 299 Å². The van der Waals surface area contributed by atoms with Gasteiger partial charge in [0.1, 0.15) is 11.5 Å². The highest BCUT2D eigenvalue weighted by molar-refractivity contribution is 6.99. The normalized spacial score (nSPS) is 16.3. The minimum absolute atomic E-state index is 0.0792. The topological polar surface area (TPSA) is 17.4 Å². The predicted molar refractivity (Wildman–Crippen MR) is 402 cm³/mol. The zero-order valence-electron chi connectivity index (χ0n) is 72.2. The molecule has 0 spiro atoms. The van der Waals surface area contributed by atoms with Crippen LogP contribution in [0.2, 0.25) is 0 Å². The Labute approximate surface area is 585 Å². The smallest absolute Gasteiger partial charge is 0.256 e. The van der Waals surface area contributed by atoms with Gasteiger partial charge in [-0.3, -0.25) is 0 Å². The lowest BCUT2D eigenvalue weighted by Gasteiger charge is -2.42. The SMILES string of the molecule is [2H]c1c([2H])c([2H])c(C2(c3c([2H])c([2H])c([2H])c([2H])c3[2H])c3ccccc3-c3cccc(-c4cc5c6c(c4)N(c4c(-c7ccccc7)cc(C(C)(C)C)cc4-c4ccccc4)c4cc(-n7c8c([2H])c([2H])c([2H])c([2H])c8c8c([2H])c([2H])c([2H])c([2H])c87)ccc4B6c4ccc(-c6cc(C(C)(C)C)cc(C(C)(C)C)c6)cc4O5)c32)c([2H])c1[2H]. The van der Waals surface area contributed by atoms with Crippen molar-refractivity contribution >= 4 is 62.0 Å². The van der Waals surface area contributed by atoms with Crippen LogP contribution in [0.1, 0.15) is 126 Å². The van der Waals surface area contributed by atoms with Gasteiger partial charge in [0, 0.05) is 39.0 Å². The summed E-state index contributed by atoms with van der Waals surface area (Å²) in [6.07, 6.45) is 0. The molecule has 13 aromatic carbocycles. The van der Waals surface area contributed by atoms with Crippen LogP contribution in [0.15, 0.2) is 291 Å². The molecule has 3 aliphatic rings. The van der Waals surface area contributed by atoms with Crippen molar-refractivity contribution in [2.75, 3.05) is 4.90 Å². The van der Waals surface area contributed by atoms with Gasteiger partial charge < -0.3 is 14.2 Å². The highest BCUT2D eigenvalue weighted by Crippen LogP contribution is 2.60. The van der Waals surface area contributed by atoms with Gasteiger partial charge >= 0.3 is 0 Å². The minimum atomic E-state index is -2.28. The molecule has 0 N–H and O–H groups in total.